The van der Waals surface area contributed by atoms with E-state index in [1.807, 2.05) is 20.8 Å². The van der Waals surface area contributed by atoms with E-state index in [0.29, 0.717) is 25.7 Å². The number of carbonyl (C=O) groups excluding carboxylic acids is 2. The molecule has 0 bridgehead atoms. The highest BCUT2D eigenvalue weighted by Crippen LogP contribution is 2.23. The van der Waals surface area contributed by atoms with Gasteiger partial charge in [0.15, 0.2) is 11.6 Å². The zero-order valence-electron chi connectivity index (χ0n) is 24.3. The molecule has 1 aliphatic rings. The molecule has 7 nitrogen and oxygen atoms in total. The third-order valence-corrected chi connectivity index (χ3v) is 6.39. The fourth-order valence-electron chi connectivity index (χ4n) is 3.92. The Bertz CT molecular complexity index is 944. The van der Waals surface area contributed by atoms with Crippen molar-refractivity contribution in [1.82, 2.24) is 0 Å². The number of anilines is 1. The lowest BCUT2D eigenvalue weighted by molar-refractivity contribution is -0.132. The Morgan fingerprint density at radius 3 is 2.19 bits per heavy atom. The Morgan fingerprint density at radius 1 is 1.08 bits per heavy atom. The highest BCUT2D eigenvalue weighted by atomic mass is 16.4. The van der Waals surface area contributed by atoms with E-state index in [9.17, 15) is 14.4 Å². The molecule has 2 rings (SSSR count). The summed E-state index contributed by atoms with van der Waals surface area (Å²) in [6.45, 7) is 18.8. The molecule has 0 aromatic heterocycles. The number of ketones is 2. The average molecular weight is 516 g/mol. The number of carboxylic acid groups (broad SMARTS) is 1. The molecule has 7 heteroatoms. The molecule has 0 aliphatic heterocycles. The molecule has 1 aromatic carbocycles. The number of allylic oxidation sites excluding steroid dienone is 1. The summed E-state index contributed by atoms with van der Waals surface area (Å²) < 4.78 is 0. The van der Waals surface area contributed by atoms with Crippen LogP contribution in [0.15, 0.2) is 34.5 Å². The monoisotopic (exact) mass is 515 g/mol. The van der Waals surface area contributed by atoms with Crippen molar-refractivity contribution in [2.45, 2.75) is 93.9 Å². The summed E-state index contributed by atoms with van der Waals surface area (Å²) in [5.74, 6) is -1.70. The van der Waals surface area contributed by atoms with Gasteiger partial charge in [-0.25, -0.2) is 4.79 Å². The summed E-state index contributed by atoms with van der Waals surface area (Å²) >= 11 is 0. The smallest absolute Gasteiger partial charge is 0.352 e. The second-order valence-electron chi connectivity index (χ2n) is 9.12. The summed E-state index contributed by atoms with van der Waals surface area (Å²) in [6, 6.07) is 6.60. The molecule has 1 unspecified atom stereocenters. The Kier molecular flexibility index (Phi) is 16.8. The third-order valence-electron chi connectivity index (χ3n) is 6.39. The van der Waals surface area contributed by atoms with Gasteiger partial charge in [0, 0.05) is 36.7 Å². The van der Waals surface area contributed by atoms with E-state index in [4.69, 9.17) is 10.8 Å². The lowest BCUT2D eigenvalue weighted by Crippen LogP contribution is -2.28. The fourth-order valence-corrected chi connectivity index (χ4v) is 3.92. The van der Waals surface area contributed by atoms with E-state index in [2.05, 4.69) is 55.8 Å². The molecule has 0 saturated heterocycles. The van der Waals surface area contributed by atoms with E-state index >= 15 is 0 Å². The zero-order valence-corrected chi connectivity index (χ0v) is 24.3. The number of hydrogen-bond acceptors (Lipinski definition) is 6. The standard InChI is InChI=1S/C14H20N2O4.C14H23N.C2H6/c1-3-8(2)11(18)7-16-13-9(12(15)14(19)20)5-4-6-10(13)17;1-5-10-15(11-6-2)14-9-7-8-12(3)13(14)4;1-2/h8H,3-7,15H2,1-2H3,(H,19,20);7-9H,5-6,10-11H2,1-4H3;1-2H3/b12-9-,16-13?;;. The van der Waals surface area contributed by atoms with Gasteiger partial charge in [-0.15, -0.1) is 0 Å². The molecule has 37 heavy (non-hydrogen) atoms. The van der Waals surface area contributed by atoms with Gasteiger partial charge in [0.2, 0.25) is 0 Å². The predicted octanol–water partition coefficient (Wildman–Crippen LogP) is 6.05. The summed E-state index contributed by atoms with van der Waals surface area (Å²) in [6.07, 6.45) is 4.41. The van der Waals surface area contributed by atoms with Gasteiger partial charge in [-0.05, 0) is 63.1 Å². The molecule has 1 saturated carbocycles. The van der Waals surface area contributed by atoms with Crippen LogP contribution in [-0.4, -0.2) is 48.0 Å². The van der Waals surface area contributed by atoms with Crippen LogP contribution in [0.25, 0.3) is 0 Å². The van der Waals surface area contributed by atoms with Crippen molar-refractivity contribution in [3.8, 4) is 0 Å². The number of aryl methyl sites for hydroxylation is 1. The predicted molar refractivity (Wildman–Crippen MR) is 155 cm³/mol. The summed E-state index contributed by atoms with van der Waals surface area (Å²) in [4.78, 5) is 41.1. The van der Waals surface area contributed by atoms with Crippen molar-refractivity contribution >= 4 is 28.9 Å². The van der Waals surface area contributed by atoms with E-state index in [0.717, 1.165) is 13.1 Å². The summed E-state index contributed by atoms with van der Waals surface area (Å²) in [5.41, 5.74) is 9.70. The lowest BCUT2D eigenvalue weighted by Gasteiger charge is -2.26. The SMILES string of the molecule is CC.CCC(C)C(=O)CN=C1C(=O)CCC/C1=C(/N)C(=O)O.CCCN(CCC)c1cccc(C)c1C. The van der Waals surface area contributed by atoms with Gasteiger partial charge in [-0.3, -0.25) is 14.6 Å². The lowest BCUT2D eigenvalue weighted by atomic mass is 9.90. The highest BCUT2D eigenvalue weighted by Gasteiger charge is 2.26. The minimum Gasteiger partial charge on any atom is -0.477 e. The first-order valence-corrected chi connectivity index (χ1v) is 13.7. The van der Waals surface area contributed by atoms with Crippen molar-refractivity contribution in [2.24, 2.45) is 16.6 Å². The average Bonchev–Trinajstić information content (AvgIpc) is 2.89. The van der Waals surface area contributed by atoms with Gasteiger partial charge in [0.25, 0.3) is 0 Å². The van der Waals surface area contributed by atoms with Gasteiger partial charge in [-0.2, -0.15) is 0 Å². The molecule has 1 atom stereocenters. The van der Waals surface area contributed by atoms with Crippen LogP contribution in [0.1, 0.15) is 91.2 Å². The van der Waals surface area contributed by atoms with Crippen LogP contribution in [0.2, 0.25) is 0 Å². The van der Waals surface area contributed by atoms with Gasteiger partial charge < -0.3 is 15.7 Å². The Hall–Kier alpha value is -2.96. The van der Waals surface area contributed by atoms with Crippen molar-refractivity contribution in [2.75, 3.05) is 24.5 Å². The minimum absolute atomic E-state index is 0.0628. The van der Waals surface area contributed by atoms with Crippen molar-refractivity contribution in [3.05, 3.63) is 40.6 Å². The van der Waals surface area contributed by atoms with Crippen LogP contribution in [0.4, 0.5) is 5.69 Å². The maximum atomic E-state index is 11.9. The molecule has 208 valence electrons. The number of carboxylic acids is 1. The Balaban J connectivity index is 0.000000679. The van der Waals surface area contributed by atoms with Crippen LogP contribution in [0.3, 0.4) is 0 Å². The topological polar surface area (TPSA) is 113 Å². The maximum absolute atomic E-state index is 11.9. The van der Waals surface area contributed by atoms with Crippen molar-refractivity contribution in [3.63, 3.8) is 0 Å². The second-order valence-corrected chi connectivity index (χ2v) is 9.12. The maximum Gasteiger partial charge on any atom is 0.352 e. The second kappa shape index (κ2) is 18.3. The first-order valence-electron chi connectivity index (χ1n) is 13.7. The van der Waals surface area contributed by atoms with E-state index < -0.39 is 5.97 Å². The van der Waals surface area contributed by atoms with Gasteiger partial charge in [0.1, 0.15) is 11.4 Å². The van der Waals surface area contributed by atoms with Crippen LogP contribution in [-0.2, 0) is 14.4 Å². The summed E-state index contributed by atoms with van der Waals surface area (Å²) in [5, 5.41) is 8.93. The molecule has 3 N–H and O–H groups in total. The zero-order chi connectivity index (χ0) is 28.5. The van der Waals surface area contributed by atoms with Gasteiger partial charge >= 0.3 is 5.97 Å². The Labute approximate surface area is 224 Å². The number of Topliss-reactive ketones (excluding diaryl/α,β-unsaturated/α-hetero) is 2. The normalized spacial score (nSPS) is 16.1. The fraction of sp³-hybridized carbons (Fsp3) is 0.600. The number of carbonyl (C=O) groups is 3. The third kappa shape index (κ3) is 10.9. The molecule has 0 spiro atoms. The van der Waals surface area contributed by atoms with E-state index in [1.54, 1.807) is 6.92 Å². The number of hydrogen-bond donors (Lipinski definition) is 2. The molecule has 0 amide bonds. The first-order chi connectivity index (χ1) is 17.6. The number of benzene rings is 1. The van der Waals surface area contributed by atoms with Crippen LogP contribution in [0, 0.1) is 19.8 Å². The number of rotatable bonds is 10. The van der Waals surface area contributed by atoms with Crippen LogP contribution >= 0.6 is 0 Å². The van der Waals surface area contributed by atoms with Crippen molar-refractivity contribution in [1.29, 1.82) is 0 Å². The van der Waals surface area contributed by atoms with Gasteiger partial charge in [0.05, 0.1) is 6.54 Å². The molecule has 1 fully saturated rings. The molecule has 1 aromatic rings. The molecular weight excluding hydrogens is 466 g/mol. The quantitative estimate of drug-likeness (QED) is 0.367. The molecule has 1 aliphatic carbocycles. The van der Waals surface area contributed by atoms with Gasteiger partial charge in [-0.1, -0.05) is 53.7 Å². The number of nitrogens with two attached hydrogens (primary N) is 1. The van der Waals surface area contributed by atoms with Crippen molar-refractivity contribution < 1.29 is 19.5 Å². The van der Waals surface area contributed by atoms with Crippen LogP contribution < -0.4 is 10.6 Å². The largest absolute Gasteiger partial charge is 0.477 e. The number of nitrogens with zero attached hydrogens (tertiary/aromatic N) is 2. The van der Waals surface area contributed by atoms with E-state index in [1.165, 1.54) is 29.7 Å². The number of aliphatic carboxylic acids is 1. The first kappa shape index (κ1) is 34.0. The molecule has 0 heterocycles. The molecular formula is C30H49N3O4. The Morgan fingerprint density at radius 2 is 1.68 bits per heavy atom. The summed E-state index contributed by atoms with van der Waals surface area (Å²) in [7, 11) is 0. The minimum atomic E-state index is -1.27. The van der Waals surface area contributed by atoms with E-state index in [-0.39, 0.29) is 41.0 Å². The highest BCUT2D eigenvalue weighted by molar-refractivity contribution is 6.47. The van der Waals surface area contributed by atoms with Crippen LogP contribution in [0.5, 0.6) is 0 Å². The molecule has 0 radical (unpaired) electrons. The number of aliphatic imine (C=N–C) groups is 1.